The lowest BCUT2D eigenvalue weighted by Gasteiger charge is -2.37. The van der Waals surface area contributed by atoms with Crippen LogP contribution in [0.1, 0.15) is 27.5 Å². The first-order valence-electron chi connectivity index (χ1n) is 6.67. The van der Waals surface area contributed by atoms with Gasteiger partial charge in [-0.2, -0.15) is 0 Å². The first-order valence-corrected chi connectivity index (χ1v) is 7.55. The summed E-state index contributed by atoms with van der Waals surface area (Å²) in [5.41, 5.74) is 1.48. The van der Waals surface area contributed by atoms with Crippen LogP contribution < -0.4 is 0 Å². The van der Waals surface area contributed by atoms with Gasteiger partial charge in [0, 0.05) is 18.3 Å². The molecule has 1 unspecified atom stereocenters. The number of benzene rings is 1. The molecule has 1 fully saturated rings. The third-order valence-corrected chi connectivity index (χ3v) is 4.38. The molecule has 2 aromatic rings. The Morgan fingerprint density at radius 2 is 2.10 bits per heavy atom. The number of nitrogens with zero attached hydrogens (tertiary/aromatic N) is 2. The predicted octanol–water partition coefficient (Wildman–Crippen LogP) is 2.03. The summed E-state index contributed by atoms with van der Waals surface area (Å²) in [6.45, 7) is 0.487. The number of hydrogen-bond acceptors (Lipinski definition) is 4. The van der Waals surface area contributed by atoms with Gasteiger partial charge < -0.3 is 10.0 Å². The number of rotatable bonds is 4. The number of likely N-dealkylation sites (tertiary alicyclic amines) is 1. The van der Waals surface area contributed by atoms with Crippen LogP contribution in [-0.4, -0.2) is 39.5 Å². The predicted molar refractivity (Wildman–Crippen MR) is 78.4 cm³/mol. The summed E-state index contributed by atoms with van der Waals surface area (Å²) in [6, 6.07) is 9.21. The molecule has 1 aromatic heterocycles. The number of aromatic nitrogens is 1. The largest absolute Gasteiger partial charge is 0.480 e. The van der Waals surface area contributed by atoms with E-state index in [1.165, 1.54) is 16.2 Å². The van der Waals surface area contributed by atoms with E-state index in [0.717, 1.165) is 10.6 Å². The normalized spacial score (nSPS) is 17.3. The van der Waals surface area contributed by atoms with Crippen LogP contribution in [0.25, 0.3) is 0 Å². The Hall–Kier alpha value is -2.21. The van der Waals surface area contributed by atoms with E-state index in [1.54, 1.807) is 5.38 Å². The number of carboxylic acid groups (broad SMARTS) is 1. The second-order valence-corrected chi connectivity index (χ2v) is 5.87. The first kappa shape index (κ1) is 13.8. The van der Waals surface area contributed by atoms with Gasteiger partial charge in [-0.25, -0.2) is 9.78 Å². The summed E-state index contributed by atoms with van der Waals surface area (Å²) < 4.78 is 0. The Morgan fingerprint density at radius 1 is 1.33 bits per heavy atom. The van der Waals surface area contributed by atoms with Crippen molar-refractivity contribution in [1.29, 1.82) is 0 Å². The average Bonchev–Trinajstić information content (AvgIpc) is 2.86. The van der Waals surface area contributed by atoms with Crippen molar-refractivity contribution in [1.82, 2.24) is 9.88 Å². The van der Waals surface area contributed by atoms with E-state index in [9.17, 15) is 9.59 Å². The number of carboxylic acids is 1. The van der Waals surface area contributed by atoms with E-state index in [-0.39, 0.29) is 5.91 Å². The highest BCUT2D eigenvalue weighted by molar-refractivity contribution is 7.09. The Morgan fingerprint density at radius 3 is 2.71 bits per heavy atom. The maximum absolute atomic E-state index is 12.2. The topological polar surface area (TPSA) is 70.5 Å². The minimum absolute atomic E-state index is 0.288. The second kappa shape index (κ2) is 5.65. The van der Waals surface area contributed by atoms with E-state index in [1.807, 2.05) is 30.3 Å². The van der Waals surface area contributed by atoms with Crippen molar-refractivity contribution >= 4 is 23.2 Å². The molecule has 0 spiro atoms. The molecule has 1 aliphatic heterocycles. The van der Waals surface area contributed by atoms with Crippen LogP contribution in [-0.2, 0) is 11.2 Å². The van der Waals surface area contributed by atoms with E-state index in [4.69, 9.17) is 5.11 Å². The molecule has 108 valence electrons. The monoisotopic (exact) mass is 302 g/mol. The van der Waals surface area contributed by atoms with Crippen LogP contribution in [0.2, 0.25) is 0 Å². The summed E-state index contributed by atoms with van der Waals surface area (Å²) in [5, 5.41) is 11.6. The van der Waals surface area contributed by atoms with E-state index in [2.05, 4.69) is 4.98 Å². The highest BCUT2D eigenvalue weighted by Gasteiger charge is 2.38. The van der Waals surface area contributed by atoms with Gasteiger partial charge in [-0.3, -0.25) is 4.79 Å². The molecule has 1 aliphatic rings. The fourth-order valence-electron chi connectivity index (χ4n) is 2.30. The number of amides is 1. The third-order valence-electron chi connectivity index (χ3n) is 3.53. The first-order chi connectivity index (χ1) is 10.1. The van der Waals surface area contributed by atoms with Crippen molar-refractivity contribution in [2.45, 2.75) is 18.9 Å². The van der Waals surface area contributed by atoms with Crippen molar-refractivity contribution < 1.29 is 14.7 Å². The fraction of sp³-hybridized carbons (Fsp3) is 0.267. The van der Waals surface area contributed by atoms with Crippen molar-refractivity contribution in [3.8, 4) is 0 Å². The van der Waals surface area contributed by atoms with Gasteiger partial charge in [0.15, 0.2) is 0 Å². The molecule has 6 heteroatoms. The van der Waals surface area contributed by atoms with E-state index in [0.29, 0.717) is 25.1 Å². The van der Waals surface area contributed by atoms with Gasteiger partial charge in [0.2, 0.25) is 0 Å². The van der Waals surface area contributed by atoms with Crippen LogP contribution in [0.4, 0.5) is 0 Å². The number of aliphatic carboxylic acids is 1. The number of thiazole rings is 1. The van der Waals surface area contributed by atoms with Gasteiger partial charge in [-0.1, -0.05) is 30.3 Å². The lowest BCUT2D eigenvalue weighted by Crippen LogP contribution is -2.55. The van der Waals surface area contributed by atoms with Crippen molar-refractivity contribution in [3.63, 3.8) is 0 Å². The molecule has 21 heavy (non-hydrogen) atoms. The molecular formula is C15H14N2O3S. The lowest BCUT2D eigenvalue weighted by molar-refractivity contribution is -0.146. The second-order valence-electron chi connectivity index (χ2n) is 4.93. The van der Waals surface area contributed by atoms with Crippen LogP contribution in [0.5, 0.6) is 0 Å². The van der Waals surface area contributed by atoms with E-state index >= 15 is 0 Å². The number of carbonyl (C=O) groups is 2. The zero-order valence-corrected chi connectivity index (χ0v) is 12.0. The average molecular weight is 302 g/mol. The number of carbonyl (C=O) groups excluding carboxylic acids is 1. The van der Waals surface area contributed by atoms with Crippen molar-refractivity contribution in [2.24, 2.45) is 0 Å². The Balaban J connectivity index is 1.70. The molecule has 1 N–H and O–H groups in total. The molecular weight excluding hydrogens is 288 g/mol. The maximum atomic E-state index is 12.2. The molecule has 0 aliphatic carbocycles. The molecule has 1 saturated heterocycles. The van der Waals surface area contributed by atoms with Crippen LogP contribution in [0, 0.1) is 0 Å². The standard InChI is InChI=1S/C15H14N2O3S/c18-14(17-7-6-12(17)15(19)20)11-9-21-13(16-11)8-10-4-2-1-3-5-10/h1-5,9,12H,6-8H2,(H,19,20). The molecule has 2 heterocycles. The molecule has 1 amide bonds. The maximum Gasteiger partial charge on any atom is 0.326 e. The van der Waals surface area contributed by atoms with Crippen molar-refractivity contribution in [2.75, 3.05) is 6.54 Å². The highest BCUT2D eigenvalue weighted by Crippen LogP contribution is 2.22. The molecule has 1 atom stereocenters. The van der Waals surface area contributed by atoms with Gasteiger partial charge in [0.05, 0.1) is 5.01 Å². The summed E-state index contributed by atoms with van der Waals surface area (Å²) in [5.74, 6) is -1.24. The van der Waals surface area contributed by atoms with Crippen LogP contribution in [0.15, 0.2) is 35.7 Å². The van der Waals surface area contributed by atoms with Gasteiger partial charge >= 0.3 is 5.97 Å². The Labute approximate surface area is 125 Å². The molecule has 1 aromatic carbocycles. The van der Waals surface area contributed by atoms with Gasteiger partial charge in [0.25, 0.3) is 5.91 Å². The van der Waals surface area contributed by atoms with Crippen LogP contribution in [0.3, 0.4) is 0 Å². The van der Waals surface area contributed by atoms with Crippen molar-refractivity contribution in [3.05, 3.63) is 52.0 Å². The van der Waals surface area contributed by atoms with Gasteiger partial charge in [0.1, 0.15) is 11.7 Å². The summed E-state index contributed by atoms with van der Waals surface area (Å²) >= 11 is 1.43. The van der Waals surface area contributed by atoms with Crippen LogP contribution >= 0.6 is 11.3 Å². The minimum atomic E-state index is -0.950. The zero-order chi connectivity index (χ0) is 14.8. The van der Waals surface area contributed by atoms with E-state index < -0.39 is 12.0 Å². The summed E-state index contributed by atoms with van der Waals surface area (Å²) in [7, 11) is 0. The Kier molecular flexibility index (Phi) is 3.70. The smallest absolute Gasteiger partial charge is 0.326 e. The minimum Gasteiger partial charge on any atom is -0.480 e. The van der Waals surface area contributed by atoms with Gasteiger partial charge in [-0.05, 0) is 12.0 Å². The SMILES string of the molecule is O=C(O)C1CCN1C(=O)c1csc(Cc2ccccc2)n1. The molecule has 0 bridgehead atoms. The fourth-order valence-corrected chi connectivity index (χ4v) is 3.10. The molecule has 3 rings (SSSR count). The molecule has 5 nitrogen and oxygen atoms in total. The highest BCUT2D eigenvalue weighted by atomic mass is 32.1. The van der Waals surface area contributed by atoms with Gasteiger partial charge in [-0.15, -0.1) is 11.3 Å². The molecule has 0 radical (unpaired) electrons. The summed E-state index contributed by atoms with van der Waals surface area (Å²) in [6.07, 6.45) is 1.20. The Bertz CT molecular complexity index is 669. The summed E-state index contributed by atoms with van der Waals surface area (Å²) in [4.78, 5) is 28.9. The zero-order valence-electron chi connectivity index (χ0n) is 11.2. The lowest BCUT2D eigenvalue weighted by atomic mass is 10.0. The third kappa shape index (κ3) is 2.80. The molecule has 0 saturated carbocycles. The number of hydrogen-bond donors (Lipinski definition) is 1. The quantitative estimate of drug-likeness (QED) is 0.938.